The van der Waals surface area contributed by atoms with Crippen molar-refractivity contribution in [2.75, 3.05) is 13.2 Å². The Hall–Kier alpha value is -3.78. The molecule has 37 heavy (non-hydrogen) atoms. The second kappa shape index (κ2) is 9.94. The zero-order valence-electron chi connectivity index (χ0n) is 22.2. The maximum atomic E-state index is 13.5. The molecule has 1 aromatic carbocycles. The van der Waals surface area contributed by atoms with Crippen LogP contribution >= 0.6 is 0 Å². The Bertz CT molecular complexity index is 1420. The van der Waals surface area contributed by atoms with Gasteiger partial charge in [0.2, 0.25) is 0 Å². The van der Waals surface area contributed by atoms with Crippen molar-refractivity contribution in [3.8, 4) is 22.6 Å². The summed E-state index contributed by atoms with van der Waals surface area (Å²) in [6.45, 7) is 7.57. The van der Waals surface area contributed by atoms with Gasteiger partial charge in [-0.25, -0.2) is 4.98 Å². The van der Waals surface area contributed by atoms with Crippen LogP contribution in [0, 0.1) is 12.3 Å². The van der Waals surface area contributed by atoms with Gasteiger partial charge in [0.15, 0.2) is 0 Å². The van der Waals surface area contributed by atoms with Crippen LogP contribution in [0.3, 0.4) is 0 Å². The number of aryl methyl sites for hydroxylation is 2. The van der Waals surface area contributed by atoms with E-state index in [1.165, 1.54) is 0 Å². The number of amides is 1. The van der Waals surface area contributed by atoms with Gasteiger partial charge in [-0.05, 0) is 54.7 Å². The summed E-state index contributed by atoms with van der Waals surface area (Å²) in [5.41, 5.74) is 7.01. The van der Waals surface area contributed by atoms with E-state index in [1.54, 1.807) is 9.36 Å². The molecular formula is C29H34N6O2. The lowest BCUT2D eigenvalue weighted by molar-refractivity contribution is -0.0116. The SMILES string of the molecule is Cc1c(Cc2ccc(-c3ccn(C)n3)cc2)cc(C(=O)NC2CCOCC2(C)C)nc1-c1ccn(C)n1. The van der Waals surface area contributed by atoms with Gasteiger partial charge in [-0.3, -0.25) is 14.2 Å². The Morgan fingerprint density at radius 3 is 2.35 bits per heavy atom. The molecule has 1 atom stereocenters. The topological polar surface area (TPSA) is 86.9 Å². The number of pyridine rings is 1. The summed E-state index contributed by atoms with van der Waals surface area (Å²) >= 11 is 0. The van der Waals surface area contributed by atoms with E-state index in [0.717, 1.165) is 45.8 Å². The number of hydrogen-bond acceptors (Lipinski definition) is 5. The molecule has 0 saturated carbocycles. The molecule has 1 N–H and O–H groups in total. The van der Waals surface area contributed by atoms with Crippen molar-refractivity contribution in [1.29, 1.82) is 0 Å². The Morgan fingerprint density at radius 2 is 1.73 bits per heavy atom. The van der Waals surface area contributed by atoms with E-state index in [-0.39, 0.29) is 17.4 Å². The van der Waals surface area contributed by atoms with E-state index in [9.17, 15) is 4.79 Å². The Kier molecular flexibility index (Phi) is 6.69. The van der Waals surface area contributed by atoms with Crippen molar-refractivity contribution in [1.82, 2.24) is 29.9 Å². The molecule has 1 amide bonds. The molecule has 8 heteroatoms. The van der Waals surface area contributed by atoms with Gasteiger partial charge in [0.05, 0.1) is 18.0 Å². The van der Waals surface area contributed by atoms with Gasteiger partial charge in [-0.2, -0.15) is 10.2 Å². The number of nitrogens with zero attached hydrogens (tertiary/aromatic N) is 5. The summed E-state index contributed by atoms with van der Waals surface area (Å²) in [4.78, 5) is 18.3. The number of ether oxygens (including phenoxy) is 1. The molecule has 1 aliphatic heterocycles. The average Bonchev–Trinajstić information content (AvgIpc) is 3.50. The van der Waals surface area contributed by atoms with Gasteiger partial charge in [-0.1, -0.05) is 38.1 Å². The highest BCUT2D eigenvalue weighted by molar-refractivity contribution is 5.93. The molecule has 0 spiro atoms. The van der Waals surface area contributed by atoms with Crippen molar-refractivity contribution in [3.05, 3.63) is 77.2 Å². The Morgan fingerprint density at radius 1 is 1.05 bits per heavy atom. The van der Waals surface area contributed by atoms with Crippen molar-refractivity contribution in [2.24, 2.45) is 19.5 Å². The van der Waals surface area contributed by atoms with Crippen LogP contribution in [0.2, 0.25) is 0 Å². The summed E-state index contributed by atoms with van der Waals surface area (Å²) in [5.74, 6) is -0.163. The second-order valence-corrected chi connectivity index (χ2v) is 10.6. The summed E-state index contributed by atoms with van der Waals surface area (Å²) < 4.78 is 9.19. The highest BCUT2D eigenvalue weighted by Crippen LogP contribution is 2.29. The number of rotatable bonds is 6. The fourth-order valence-corrected chi connectivity index (χ4v) is 4.86. The van der Waals surface area contributed by atoms with Gasteiger partial charge in [0.1, 0.15) is 11.4 Å². The number of benzene rings is 1. The normalized spacial score (nSPS) is 17.1. The lowest BCUT2D eigenvalue weighted by atomic mass is 9.82. The third-order valence-corrected chi connectivity index (χ3v) is 7.20. The summed E-state index contributed by atoms with van der Waals surface area (Å²) in [5, 5.41) is 12.3. The van der Waals surface area contributed by atoms with Gasteiger partial charge in [0.25, 0.3) is 5.91 Å². The fourth-order valence-electron chi connectivity index (χ4n) is 4.86. The zero-order chi connectivity index (χ0) is 26.2. The van der Waals surface area contributed by atoms with Gasteiger partial charge in [-0.15, -0.1) is 0 Å². The first-order chi connectivity index (χ1) is 17.7. The minimum Gasteiger partial charge on any atom is -0.381 e. The maximum Gasteiger partial charge on any atom is 0.270 e. The van der Waals surface area contributed by atoms with Crippen LogP contribution < -0.4 is 5.32 Å². The smallest absolute Gasteiger partial charge is 0.270 e. The van der Waals surface area contributed by atoms with Crippen molar-refractivity contribution in [2.45, 2.75) is 39.7 Å². The maximum absolute atomic E-state index is 13.5. The van der Waals surface area contributed by atoms with E-state index in [0.29, 0.717) is 25.3 Å². The van der Waals surface area contributed by atoms with Crippen LogP contribution in [-0.4, -0.2) is 49.7 Å². The fraction of sp³-hybridized carbons (Fsp3) is 0.379. The minimum atomic E-state index is -0.163. The Balaban J connectivity index is 1.46. The number of nitrogens with one attached hydrogen (secondary N) is 1. The number of hydrogen-bond donors (Lipinski definition) is 1. The molecule has 4 aromatic rings. The van der Waals surface area contributed by atoms with Crippen molar-refractivity contribution >= 4 is 5.91 Å². The highest BCUT2D eigenvalue weighted by atomic mass is 16.5. The predicted molar refractivity (Wildman–Crippen MR) is 143 cm³/mol. The van der Waals surface area contributed by atoms with Crippen LogP contribution in [0.5, 0.6) is 0 Å². The van der Waals surface area contributed by atoms with E-state index in [1.807, 2.05) is 44.7 Å². The predicted octanol–water partition coefficient (Wildman–Crippen LogP) is 4.33. The summed E-state index contributed by atoms with van der Waals surface area (Å²) in [6.07, 6.45) is 5.30. The van der Waals surface area contributed by atoms with Crippen LogP contribution in [0.4, 0.5) is 0 Å². The number of carbonyl (C=O) groups excluding carboxylic acids is 1. The van der Waals surface area contributed by atoms with Crippen molar-refractivity contribution < 1.29 is 9.53 Å². The molecule has 0 aliphatic carbocycles. The molecule has 1 unspecified atom stereocenters. The van der Waals surface area contributed by atoms with Crippen LogP contribution in [0.15, 0.2) is 54.9 Å². The van der Waals surface area contributed by atoms with Gasteiger partial charge < -0.3 is 10.1 Å². The molecule has 0 bridgehead atoms. The third-order valence-electron chi connectivity index (χ3n) is 7.20. The zero-order valence-corrected chi connectivity index (χ0v) is 22.2. The monoisotopic (exact) mass is 498 g/mol. The lowest BCUT2D eigenvalue weighted by Gasteiger charge is -2.38. The quantitative estimate of drug-likeness (QED) is 0.428. The third kappa shape index (κ3) is 5.34. The molecule has 5 rings (SSSR count). The van der Waals surface area contributed by atoms with Gasteiger partial charge >= 0.3 is 0 Å². The first-order valence-electron chi connectivity index (χ1n) is 12.7. The number of carbonyl (C=O) groups is 1. The molecular weight excluding hydrogens is 464 g/mol. The minimum absolute atomic E-state index is 0.0257. The molecule has 1 saturated heterocycles. The lowest BCUT2D eigenvalue weighted by Crippen LogP contribution is -2.50. The van der Waals surface area contributed by atoms with Crippen LogP contribution in [0.1, 0.15) is 47.4 Å². The largest absolute Gasteiger partial charge is 0.381 e. The number of aromatic nitrogens is 5. The van der Waals surface area contributed by atoms with Crippen LogP contribution in [0.25, 0.3) is 22.6 Å². The highest BCUT2D eigenvalue weighted by Gasteiger charge is 2.34. The molecule has 192 valence electrons. The molecule has 1 fully saturated rings. The average molecular weight is 499 g/mol. The molecule has 1 aliphatic rings. The standard InChI is InChI=1S/C29H34N6O2/c1-19-22(16-20-6-8-21(9-7-20)23-10-13-34(4)32-23)17-25(30-27(19)24-11-14-35(5)33-24)28(36)31-26-12-15-37-18-29(26,2)3/h6-11,13-14,17,26H,12,15-16,18H2,1-5H3,(H,31,36). The Labute approximate surface area is 217 Å². The first-order valence-corrected chi connectivity index (χ1v) is 12.7. The summed E-state index contributed by atoms with van der Waals surface area (Å²) in [6, 6.07) is 14.3. The van der Waals surface area contributed by atoms with E-state index < -0.39 is 0 Å². The molecule has 4 heterocycles. The van der Waals surface area contributed by atoms with E-state index in [4.69, 9.17) is 9.72 Å². The second-order valence-electron chi connectivity index (χ2n) is 10.6. The first kappa shape index (κ1) is 24.9. The van der Waals surface area contributed by atoms with Gasteiger partial charge in [0, 0.05) is 50.1 Å². The molecule has 0 radical (unpaired) electrons. The summed E-state index contributed by atoms with van der Waals surface area (Å²) in [7, 11) is 3.80. The molecule has 8 nitrogen and oxygen atoms in total. The van der Waals surface area contributed by atoms with Crippen LogP contribution in [-0.2, 0) is 25.3 Å². The van der Waals surface area contributed by atoms with E-state index in [2.05, 4.69) is 60.6 Å². The van der Waals surface area contributed by atoms with E-state index >= 15 is 0 Å². The van der Waals surface area contributed by atoms with Crippen molar-refractivity contribution in [3.63, 3.8) is 0 Å². The molecule has 3 aromatic heterocycles.